The van der Waals surface area contributed by atoms with Gasteiger partial charge in [0.25, 0.3) is 0 Å². The van der Waals surface area contributed by atoms with Crippen LogP contribution in [0.25, 0.3) is 0 Å². The van der Waals surface area contributed by atoms with E-state index in [4.69, 9.17) is 14.8 Å². The van der Waals surface area contributed by atoms with Crippen LogP contribution in [0.3, 0.4) is 0 Å². The molecule has 2 rings (SSSR count). The second kappa shape index (κ2) is 5.30. The molecule has 0 amide bonds. The highest BCUT2D eigenvalue weighted by molar-refractivity contribution is 9.10. The predicted molar refractivity (Wildman–Crippen MR) is 64.8 cm³/mol. The summed E-state index contributed by atoms with van der Waals surface area (Å²) in [6.07, 6.45) is 0. The summed E-state index contributed by atoms with van der Waals surface area (Å²) in [4.78, 5) is 5.61. The molecule has 0 aliphatic carbocycles. The molecule has 1 aromatic rings. The molecule has 0 spiro atoms. The molecule has 1 fully saturated rings. The largest absolute Gasteiger partial charge is 0.489 e. The Morgan fingerprint density at radius 2 is 2.06 bits per heavy atom. The minimum absolute atomic E-state index is 0.0236. The van der Waals surface area contributed by atoms with Crippen molar-refractivity contribution in [2.75, 3.05) is 31.2 Å². The van der Waals surface area contributed by atoms with Gasteiger partial charge in [-0.15, -0.1) is 0 Å². The quantitative estimate of drug-likeness (QED) is 0.570. The van der Waals surface area contributed by atoms with Crippen LogP contribution in [0.15, 0.2) is 10.5 Å². The fourth-order valence-corrected chi connectivity index (χ4v) is 2.05. The van der Waals surface area contributed by atoms with E-state index in [-0.39, 0.29) is 9.94 Å². The monoisotopic (exact) mass is 304 g/mol. The Bertz CT molecular complexity index is 415. The Morgan fingerprint density at radius 3 is 2.65 bits per heavy atom. The maximum absolute atomic E-state index is 13.5. The Kier molecular flexibility index (Phi) is 3.98. The van der Waals surface area contributed by atoms with Gasteiger partial charge in [-0.2, -0.15) is 4.39 Å². The standard InChI is InChI=1S/C9H11BBrFN2O3/c11-8-6(10(15)16)5-7(13-9(8)12)14-1-3-17-4-2-14/h5,15-16H,1-4H2. The smallest absolute Gasteiger partial charge is 0.423 e. The van der Waals surface area contributed by atoms with Crippen LogP contribution in [0.1, 0.15) is 0 Å². The lowest BCUT2D eigenvalue weighted by molar-refractivity contribution is 0.122. The summed E-state index contributed by atoms with van der Waals surface area (Å²) in [6.45, 7) is 2.32. The maximum Gasteiger partial charge on any atom is 0.489 e. The van der Waals surface area contributed by atoms with Crippen molar-refractivity contribution in [3.63, 3.8) is 0 Å². The highest BCUT2D eigenvalue weighted by Gasteiger charge is 2.22. The van der Waals surface area contributed by atoms with Crippen molar-refractivity contribution in [1.29, 1.82) is 0 Å². The maximum atomic E-state index is 13.5. The molecule has 1 aromatic heterocycles. The summed E-state index contributed by atoms with van der Waals surface area (Å²) < 4.78 is 18.7. The molecule has 1 aliphatic rings. The van der Waals surface area contributed by atoms with Gasteiger partial charge in [0.1, 0.15) is 5.82 Å². The zero-order valence-corrected chi connectivity index (χ0v) is 10.5. The van der Waals surface area contributed by atoms with E-state index >= 15 is 0 Å². The number of rotatable bonds is 2. The molecule has 17 heavy (non-hydrogen) atoms. The zero-order chi connectivity index (χ0) is 12.4. The number of ether oxygens (including phenoxy) is 1. The molecule has 0 atom stereocenters. The van der Waals surface area contributed by atoms with E-state index in [0.717, 1.165) is 0 Å². The van der Waals surface area contributed by atoms with Crippen molar-refractivity contribution in [3.05, 3.63) is 16.5 Å². The molecule has 5 nitrogen and oxygen atoms in total. The molecule has 0 radical (unpaired) electrons. The highest BCUT2D eigenvalue weighted by Crippen LogP contribution is 2.18. The van der Waals surface area contributed by atoms with Gasteiger partial charge in [-0.25, -0.2) is 4.98 Å². The second-order valence-corrected chi connectivity index (χ2v) is 4.44. The molecule has 0 unspecified atom stereocenters. The van der Waals surface area contributed by atoms with Gasteiger partial charge in [0.2, 0.25) is 5.95 Å². The number of morpholine rings is 1. The molecular formula is C9H11BBrFN2O3. The van der Waals surface area contributed by atoms with Gasteiger partial charge in [-0.05, 0) is 22.0 Å². The molecule has 2 heterocycles. The van der Waals surface area contributed by atoms with Gasteiger partial charge in [-0.3, -0.25) is 0 Å². The van der Waals surface area contributed by atoms with E-state index in [0.29, 0.717) is 32.1 Å². The van der Waals surface area contributed by atoms with E-state index in [1.165, 1.54) is 6.07 Å². The average Bonchev–Trinajstić information content (AvgIpc) is 2.33. The number of pyridine rings is 1. The summed E-state index contributed by atoms with van der Waals surface area (Å²) in [5.74, 6) is -0.366. The number of halogens is 2. The lowest BCUT2D eigenvalue weighted by Crippen LogP contribution is -2.39. The van der Waals surface area contributed by atoms with E-state index in [1.54, 1.807) is 0 Å². The van der Waals surface area contributed by atoms with Gasteiger partial charge in [0.05, 0.1) is 17.7 Å². The lowest BCUT2D eigenvalue weighted by atomic mass is 9.81. The fraction of sp³-hybridized carbons (Fsp3) is 0.444. The molecule has 92 valence electrons. The van der Waals surface area contributed by atoms with Crippen LogP contribution < -0.4 is 10.4 Å². The lowest BCUT2D eigenvalue weighted by Gasteiger charge is -2.28. The summed E-state index contributed by atoms with van der Waals surface area (Å²) in [5, 5.41) is 18.3. The Labute approximate surface area is 106 Å². The van der Waals surface area contributed by atoms with Gasteiger partial charge < -0.3 is 19.7 Å². The molecule has 0 saturated carbocycles. The summed E-state index contributed by atoms with van der Waals surface area (Å²) in [6, 6.07) is 1.46. The number of nitrogens with zero attached hydrogens (tertiary/aromatic N) is 2. The molecule has 1 aliphatic heterocycles. The normalized spacial score (nSPS) is 16.1. The Balaban J connectivity index is 2.34. The Morgan fingerprint density at radius 1 is 1.41 bits per heavy atom. The van der Waals surface area contributed by atoms with Crippen LogP contribution in [0.5, 0.6) is 0 Å². The topological polar surface area (TPSA) is 65.8 Å². The molecule has 1 saturated heterocycles. The first-order valence-electron chi connectivity index (χ1n) is 5.14. The first kappa shape index (κ1) is 12.8. The zero-order valence-electron chi connectivity index (χ0n) is 8.94. The Hall–Kier alpha value is -0.695. The minimum atomic E-state index is -1.73. The van der Waals surface area contributed by atoms with E-state index < -0.39 is 13.1 Å². The minimum Gasteiger partial charge on any atom is -0.423 e. The van der Waals surface area contributed by atoms with Crippen molar-refractivity contribution >= 4 is 34.3 Å². The van der Waals surface area contributed by atoms with Gasteiger partial charge in [0, 0.05) is 18.6 Å². The summed E-state index contributed by atoms with van der Waals surface area (Å²) >= 11 is 2.94. The number of hydrogen-bond donors (Lipinski definition) is 2. The van der Waals surface area contributed by atoms with Crippen molar-refractivity contribution in [1.82, 2.24) is 4.98 Å². The molecule has 0 aromatic carbocycles. The first-order chi connectivity index (χ1) is 8.09. The van der Waals surface area contributed by atoms with Crippen LogP contribution >= 0.6 is 15.9 Å². The molecule has 2 N–H and O–H groups in total. The van der Waals surface area contributed by atoms with Crippen molar-refractivity contribution < 1.29 is 19.2 Å². The highest BCUT2D eigenvalue weighted by atomic mass is 79.9. The first-order valence-corrected chi connectivity index (χ1v) is 5.93. The number of anilines is 1. The van der Waals surface area contributed by atoms with Crippen LogP contribution in [-0.2, 0) is 4.74 Å². The van der Waals surface area contributed by atoms with Crippen LogP contribution in [0.4, 0.5) is 10.2 Å². The van der Waals surface area contributed by atoms with Gasteiger partial charge in [-0.1, -0.05) is 0 Å². The van der Waals surface area contributed by atoms with E-state index in [2.05, 4.69) is 20.9 Å². The molecule has 8 heteroatoms. The number of aromatic nitrogens is 1. The SMILES string of the molecule is OB(O)c1cc(N2CCOCC2)nc(F)c1Br. The van der Waals surface area contributed by atoms with Crippen LogP contribution in [0, 0.1) is 5.95 Å². The van der Waals surface area contributed by atoms with Gasteiger partial charge >= 0.3 is 7.12 Å². The third-order valence-corrected chi connectivity index (χ3v) is 3.33. The average molecular weight is 305 g/mol. The second-order valence-electron chi connectivity index (χ2n) is 3.65. The third kappa shape index (κ3) is 2.76. The molecule has 0 bridgehead atoms. The fourth-order valence-electron chi connectivity index (χ4n) is 1.65. The van der Waals surface area contributed by atoms with E-state index in [9.17, 15) is 4.39 Å². The van der Waals surface area contributed by atoms with Crippen LogP contribution in [-0.4, -0.2) is 48.5 Å². The van der Waals surface area contributed by atoms with Crippen molar-refractivity contribution in [2.45, 2.75) is 0 Å². The van der Waals surface area contributed by atoms with E-state index in [1.807, 2.05) is 4.90 Å². The van der Waals surface area contributed by atoms with Gasteiger partial charge in [0.15, 0.2) is 0 Å². The molecular weight excluding hydrogens is 294 g/mol. The van der Waals surface area contributed by atoms with Crippen molar-refractivity contribution in [3.8, 4) is 0 Å². The van der Waals surface area contributed by atoms with Crippen molar-refractivity contribution in [2.24, 2.45) is 0 Å². The predicted octanol–water partition coefficient (Wildman–Crippen LogP) is -0.500. The van der Waals surface area contributed by atoms with Crippen LogP contribution in [0.2, 0.25) is 0 Å². The summed E-state index contributed by atoms with van der Waals surface area (Å²) in [5.41, 5.74) is 0.0685. The third-order valence-electron chi connectivity index (χ3n) is 2.55. The summed E-state index contributed by atoms with van der Waals surface area (Å²) in [7, 11) is -1.73. The number of hydrogen-bond acceptors (Lipinski definition) is 5.